The first-order valence-electron chi connectivity index (χ1n) is 9.09. The molecule has 1 aromatic heterocycles. The van der Waals surface area contributed by atoms with E-state index in [0.29, 0.717) is 17.3 Å². The zero-order valence-corrected chi connectivity index (χ0v) is 15.2. The molecule has 2 aromatic rings. The lowest BCUT2D eigenvalue weighted by molar-refractivity contribution is -0.607. The van der Waals surface area contributed by atoms with Gasteiger partial charge in [-0.1, -0.05) is 30.3 Å². The van der Waals surface area contributed by atoms with Crippen molar-refractivity contribution in [3.05, 3.63) is 71.2 Å². The molecular weight excluding hydrogens is 328 g/mol. The van der Waals surface area contributed by atoms with Crippen molar-refractivity contribution in [2.45, 2.75) is 12.5 Å². The van der Waals surface area contributed by atoms with Crippen LogP contribution in [0.15, 0.2) is 54.7 Å². The highest BCUT2D eigenvalue weighted by Gasteiger charge is 2.26. The molecule has 1 aliphatic rings. The Morgan fingerprint density at radius 2 is 1.96 bits per heavy atom. The number of carbonyl (C=O) groups is 1. The van der Waals surface area contributed by atoms with Crippen molar-refractivity contribution in [3.63, 3.8) is 0 Å². The summed E-state index contributed by atoms with van der Waals surface area (Å²) >= 11 is 0. The summed E-state index contributed by atoms with van der Waals surface area (Å²) in [5.74, 6) is -0.321. The standard InChI is InChI=1S/C20H26N4O2/c1-22-14-15-23(19(16-22)17-8-3-2-4-9-17)12-7-11-21-20(25)18-10-5-6-13-24(18)26/h2-6,8-10,13,19H,7,11-12,14-16H2,1H3,(H,21,25). The minimum absolute atomic E-state index is 0.134. The van der Waals surface area contributed by atoms with Crippen molar-refractivity contribution in [1.29, 1.82) is 0 Å². The average Bonchev–Trinajstić information content (AvgIpc) is 2.67. The van der Waals surface area contributed by atoms with E-state index in [1.807, 2.05) is 6.07 Å². The second kappa shape index (κ2) is 8.78. The van der Waals surface area contributed by atoms with Crippen LogP contribution in [-0.4, -0.2) is 55.5 Å². The summed E-state index contributed by atoms with van der Waals surface area (Å²) < 4.78 is 0.598. The second-order valence-electron chi connectivity index (χ2n) is 6.75. The van der Waals surface area contributed by atoms with Gasteiger partial charge in [0.2, 0.25) is 0 Å². The Hall–Kier alpha value is -2.44. The Morgan fingerprint density at radius 3 is 2.73 bits per heavy atom. The van der Waals surface area contributed by atoms with Crippen LogP contribution in [-0.2, 0) is 0 Å². The summed E-state index contributed by atoms with van der Waals surface area (Å²) in [4.78, 5) is 16.9. The van der Waals surface area contributed by atoms with E-state index < -0.39 is 0 Å². The fourth-order valence-corrected chi connectivity index (χ4v) is 3.39. The van der Waals surface area contributed by atoms with Crippen LogP contribution in [0.2, 0.25) is 0 Å². The molecule has 1 unspecified atom stereocenters. The molecule has 6 heteroatoms. The zero-order chi connectivity index (χ0) is 18.4. The normalized spacial score (nSPS) is 18.6. The van der Waals surface area contributed by atoms with Gasteiger partial charge >= 0.3 is 5.91 Å². The number of carbonyl (C=O) groups excluding carboxylic acids is 1. The molecule has 138 valence electrons. The number of hydrogen-bond acceptors (Lipinski definition) is 4. The first kappa shape index (κ1) is 18.4. The van der Waals surface area contributed by atoms with Crippen molar-refractivity contribution in [3.8, 4) is 0 Å². The Bertz CT molecular complexity index is 723. The van der Waals surface area contributed by atoms with Gasteiger partial charge in [0.25, 0.3) is 5.69 Å². The van der Waals surface area contributed by atoms with Crippen molar-refractivity contribution in [2.24, 2.45) is 0 Å². The molecule has 1 N–H and O–H groups in total. The fraction of sp³-hybridized carbons (Fsp3) is 0.400. The first-order valence-corrected chi connectivity index (χ1v) is 9.09. The Balaban J connectivity index is 1.51. The van der Waals surface area contributed by atoms with Crippen molar-refractivity contribution in [1.82, 2.24) is 15.1 Å². The third-order valence-electron chi connectivity index (χ3n) is 4.84. The molecule has 1 aromatic carbocycles. The van der Waals surface area contributed by atoms with Crippen LogP contribution >= 0.6 is 0 Å². The molecule has 1 amide bonds. The largest absolute Gasteiger partial charge is 0.618 e. The van der Waals surface area contributed by atoms with Crippen LogP contribution in [0.3, 0.4) is 0 Å². The van der Waals surface area contributed by atoms with Crippen LogP contribution < -0.4 is 10.0 Å². The van der Waals surface area contributed by atoms with Crippen molar-refractivity contribution < 1.29 is 9.52 Å². The third kappa shape index (κ3) is 4.59. The monoisotopic (exact) mass is 354 g/mol. The summed E-state index contributed by atoms with van der Waals surface area (Å²) in [5.41, 5.74) is 1.47. The maximum absolute atomic E-state index is 12.1. The number of nitrogens with zero attached hydrogens (tertiary/aromatic N) is 3. The quantitative estimate of drug-likeness (QED) is 0.484. The van der Waals surface area contributed by atoms with Gasteiger partial charge in [0.15, 0.2) is 6.20 Å². The molecule has 0 bridgehead atoms. The fourth-order valence-electron chi connectivity index (χ4n) is 3.39. The maximum atomic E-state index is 12.1. The van der Waals surface area contributed by atoms with Crippen LogP contribution in [0.4, 0.5) is 0 Å². The smallest absolute Gasteiger partial charge is 0.317 e. The third-order valence-corrected chi connectivity index (χ3v) is 4.84. The SMILES string of the molecule is CN1CCN(CCCNC(=O)c2cccc[n+]2[O-])C(c2ccccc2)C1. The summed E-state index contributed by atoms with van der Waals surface area (Å²) in [5, 5.41) is 14.5. The number of nitrogens with one attached hydrogen (secondary N) is 1. The number of amides is 1. The highest BCUT2D eigenvalue weighted by molar-refractivity contribution is 5.90. The minimum Gasteiger partial charge on any atom is -0.618 e. The molecule has 1 aliphatic heterocycles. The van der Waals surface area contributed by atoms with Gasteiger partial charge in [0.1, 0.15) is 0 Å². The van der Waals surface area contributed by atoms with E-state index in [0.717, 1.165) is 32.6 Å². The number of likely N-dealkylation sites (N-methyl/N-ethyl adjacent to an activating group) is 1. The molecule has 6 nitrogen and oxygen atoms in total. The second-order valence-corrected chi connectivity index (χ2v) is 6.75. The van der Waals surface area contributed by atoms with Crippen LogP contribution in [0.1, 0.15) is 28.5 Å². The van der Waals surface area contributed by atoms with Gasteiger partial charge in [-0.25, -0.2) is 0 Å². The molecule has 1 fully saturated rings. The molecule has 1 atom stereocenters. The Labute approximate surface area is 154 Å². The molecule has 0 saturated carbocycles. The van der Waals surface area contributed by atoms with Crippen LogP contribution in [0.5, 0.6) is 0 Å². The van der Waals surface area contributed by atoms with Crippen molar-refractivity contribution in [2.75, 3.05) is 39.8 Å². The van der Waals surface area contributed by atoms with E-state index in [1.54, 1.807) is 12.1 Å². The first-order chi connectivity index (χ1) is 12.6. The van der Waals surface area contributed by atoms with E-state index in [2.05, 4.69) is 46.4 Å². The van der Waals surface area contributed by atoms with Crippen LogP contribution in [0, 0.1) is 5.21 Å². The molecule has 0 spiro atoms. The molecule has 26 heavy (non-hydrogen) atoms. The van der Waals surface area contributed by atoms with E-state index in [1.165, 1.54) is 17.8 Å². The van der Waals surface area contributed by atoms with E-state index >= 15 is 0 Å². The van der Waals surface area contributed by atoms with Gasteiger partial charge in [-0.05, 0) is 25.1 Å². The number of aromatic nitrogens is 1. The molecule has 1 saturated heterocycles. The molecule has 3 rings (SSSR count). The number of benzene rings is 1. The zero-order valence-electron chi connectivity index (χ0n) is 15.2. The van der Waals surface area contributed by atoms with Gasteiger partial charge in [-0.15, -0.1) is 0 Å². The molecule has 0 aliphatic carbocycles. The van der Waals surface area contributed by atoms with Gasteiger partial charge in [0.05, 0.1) is 0 Å². The van der Waals surface area contributed by atoms with Gasteiger partial charge in [-0.2, -0.15) is 4.73 Å². The van der Waals surface area contributed by atoms with Gasteiger partial charge in [-0.3, -0.25) is 9.69 Å². The maximum Gasteiger partial charge on any atom is 0.317 e. The minimum atomic E-state index is -0.321. The number of pyridine rings is 1. The predicted octanol–water partition coefficient (Wildman–Crippen LogP) is 1.43. The lowest BCUT2D eigenvalue weighted by Crippen LogP contribution is -2.47. The molecular formula is C20H26N4O2. The lowest BCUT2D eigenvalue weighted by Gasteiger charge is -2.40. The van der Waals surface area contributed by atoms with Crippen molar-refractivity contribution >= 4 is 5.91 Å². The summed E-state index contributed by atoms with van der Waals surface area (Å²) in [7, 11) is 2.16. The summed E-state index contributed by atoms with van der Waals surface area (Å²) in [6.07, 6.45) is 2.19. The summed E-state index contributed by atoms with van der Waals surface area (Å²) in [6.45, 7) is 4.55. The van der Waals surface area contributed by atoms with Crippen LogP contribution in [0.25, 0.3) is 0 Å². The highest BCUT2D eigenvalue weighted by Crippen LogP contribution is 2.24. The topological polar surface area (TPSA) is 62.5 Å². The van der Waals surface area contributed by atoms with E-state index in [-0.39, 0.29) is 11.6 Å². The number of hydrogen-bond donors (Lipinski definition) is 1. The molecule has 0 radical (unpaired) electrons. The summed E-state index contributed by atoms with van der Waals surface area (Å²) in [6, 6.07) is 15.8. The van der Waals surface area contributed by atoms with Gasteiger partial charge in [0, 0.05) is 50.9 Å². The number of rotatable bonds is 6. The Morgan fingerprint density at radius 1 is 1.19 bits per heavy atom. The predicted molar refractivity (Wildman–Crippen MR) is 101 cm³/mol. The Kier molecular flexibility index (Phi) is 6.20. The molecule has 2 heterocycles. The van der Waals surface area contributed by atoms with E-state index in [9.17, 15) is 10.0 Å². The number of piperazine rings is 1. The average molecular weight is 354 g/mol. The van der Waals surface area contributed by atoms with E-state index in [4.69, 9.17) is 0 Å². The van der Waals surface area contributed by atoms with Gasteiger partial charge < -0.3 is 15.4 Å². The lowest BCUT2D eigenvalue weighted by atomic mass is 10.0. The highest BCUT2D eigenvalue weighted by atomic mass is 16.5.